The molecule has 1 amide bonds. The highest BCUT2D eigenvalue weighted by atomic mass is 32.1. The third-order valence-corrected chi connectivity index (χ3v) is 9.46. The van der Waals surface area contributed by atoms with E-state index in [4.69, 9.17) is 9.53 Å². The molecule has 0 saturated carbocycles. The highest BCUT2D eigenvalue weighted by Gasteiger charge is 2.25. The summed E-state index contributed by atoms with van der Waals surface area (Å²) in [6.45, 7) is 14.0. The predicted molar refractivity (Wildman–Crippen MR) is 167 cm³/mol. The van der Waals surface area contributed by atoms with Crippen LogP contribution in [0.3, 0.4) is 0 Å². The first kappa shape index (κ1) is 30.7. The molecule has 5 heterocycles. The normalized spacial score (nSPS) is 17.2. The van der Waals surface area contributed by atoms with Crippen LogP contribution in [-0.2, 0) is 33.7 Å². The summed E-state index contributed by atoms with van der Waals surface area (Å²) >= 11 is 1.93. The lowest BCUT2D eigenvalue weighted by atomic mass is 9.94. The Hall–Kier alpha value is -3.24. The Morgan fingerprint density at radius 1 is 1.22 bits per heavy atom. The summed E-state index contributed by atoms with van der Waals surface area (Å²) in [6, 6.07) is 7.21. The highest BCUT2D eigenvalue weighted by molar-refractivity contribution is 7.15. The molecular formula is C32H43N5O3S. The van der Waals surface area contributed by atoms with Crippen LogP contribution in [0.1, 0.15) is 54.1 Å². The number of pyridine rings is 1. The first-order valence-electron chi connectivity index (χ1n) is 14.3. The van der Waals surface area contributed by atoms with Gasteiger partial charge in [-0.05, 0) is 86.2 Å². The summed E-state index contributed by atoms with van der Waals surface area (Å²) in [5, 5.41) is 6.66. The van der Waals surface area contributed by atoms with Crippen molar-refractivity contribution in [2.45, 2.75) is 53.1 Å². The molecule has 3 aromatic heterocycles. The van der Waals surface area contributed by atoms with Crippen molar-refractivity contribution >= 4 is 29.5 Å². The van der Waals surface area contributed by atoms with Crippen LogP contribution in [0.25, 0.3) is 16.0 Å². The molecule has 0 radical (unpaired) electrons. The molecule has 2 aliphatic heterocycles. The molecule has 9 heteroatoms. The highest BCUT2D eigenvalue weighted by Crippen LogP contribution is 2.37. The zero-order valence-electron chi connectivity index (χ0n) is 24.9. The average molecular weight is 578 g/mol. The summed E-state index contributed by atoms with van der Waals surface area (Å²) in [7, 11) is 1.90. The molecule has 0 aromatic carbocycles. The van der Waals surface area contributed by atoms with Crippen molar-refractivity contribution in [1.82, 2.24) is 19.9 Å². The number of amides is 1. The van der Waals surface area contributed by atoms with Gasteiger partial charge in [0, 0.05) is 84.1 Å². The van der Waals surface area contributed by atoms with Gasteiger partial charge in [0.1, 0.15) is 6.29 Å². The second-order valence-electron chi connectivity index (χ2n) is 10.7. The van der Waals surface area contributed by atoms with Crippen LogP contribution in [-0.4, -0.2) is 61.9 Å². The number of carbonyl (C=O) groups excluding carboxylic acids is 2. The molecule has 5 rings (SSSR count). The number of carbonyl (C=O) groups is 2. The van der Waals surface area contributed by atoms with Crippen molar-refractivity contribution in [3.8, 4) is 10.4 Å². The van der Waals surface area contributed by atoms with E-state index in [0.717, 1.165) is 68.9 Å². The molecule has 2 aliphatic rings. The van der Waals surface area contributed by atoms with Gasteiger partial charge in [0.2, 0.25) is 6.41 Å². The van der Waals surface area contributed by atoms with Crippen molar-refractivity contribution in [3.63, 3.8) is 0 Å². The molecule has 4 N–H and O–H groups in total. The maximum absolute atomic E-state index is 12.2. The second kappa shape index (κ2) is 14.1. The number of nitrogens with one attached hydrogen (secondary N) is 2. The average Bonchev–Trinajstić information content (AvgIpc) is 3.60. The molecule has 8 nitrogen and oxygen atoms in total. The van der Waals surface area contributed by atoms with Gasteiger partial charge < -0.3 is 25.5 Å². The molecule has 0 spiro atoms. The Morgan fingerprint density at radius 2 is 1.95 bits per heavy atom. The fraction of sp³-hybridized carbons (Fsp3) is 0.438. The quantitative estimate of drug-likeness (QED) is 0.210. The summed E-state index contributed by atoms with van der Waals surface area (Å²) in [4.78, 5) is 26.2. The van der Waals surface area contributed by atoms with Crippen LogP contribution in [0.4, 0.5) is 0 Å². The number of thiophene rings is 1. The number of hydrogen-bond donors (Lipinski definition) is 3. The Bertz CT molecular complexity index is 1420. The molecule has 1 atom stereocenters. The lowest BCUT2D eigenvalue weighted by Crippen LogP contribution is -2.38. The third kappa shape index (κ3) is 6.98. The van der Waals surface area contributed by atoms with Gasteiger partial charge in [-0.1, -0.05) is 0 Å². The van der Waals surface area contributed by atoms with Gasteiger partial charge in [0.25, 0.3) is 0 Å². The smallest absolute Gasteiger partial charge is 0.204 e. The topological polar surface area (TPSA) is 101 Å². The Kier molecular flexibility index (Phi) is 10.6. The standard InChI is InChI=1S/C31H40N4O2S.CH3NO/c1-20(12-21(2)32-5)27(19-36)13-24-14-28-15-26(30-16-25-17-33-7-6-29(25)38-30)18-35(28)31(22(24)3)23(4)34-8-10-37-11-9-34;2-1-3/h12,14-16,18-19,23,32-33H,6-11,13,17H2,1-5H3;1H,(H2,2,3)/b21-12-,27-20-;. The second-order valence-corrected chi connectivity index (χ2v) is 11.9. The SMILES string of the molecule is CN/C(C)=C\C(C)=C(/C=O)Cc1cc2cc(-c3cc4c(s3)CCNC4)cn2c(C(C)N2CCOCC2)c1C.NC=O. The minimum Gasteiger partial charge on any atom is -0.392 e. The van der Waals surface area contributed by atoms with Gasteiger partial charge in [-0.15, -0.1) is 11.3 Å². The van der Waals surface area contributed by atoms with E-state index in [2.05, 4.69) is 70.0 Å². The molecule has 41 heavy (non-hydrogen) atoms. The van der Waals surface area contributed by atoms with E-state index in [9.17, 15) is 4.79 Å². The number of allylic oxidation sites excluding steroid dienone is 4. The van der Waals surface area contributed by atoms with Gasteiger partial charge in [0.05, 0.1) is 13.2 Å². The summed E-state index contributed by atoms with van der Waals surface area (Å²) in [5.41, 5.74) is 14.7. The predicted octanol–water partition coefficient (Wildman–Crippen LogP) is 4.30. The van der Waals surface area contributed by atoms with Crippen LogP contribution in [0.15, 0.2) is 47.3 Å². The van der Waals surface area contributed by atoms with Crippen molar-refractivity contribution in [3.05, 3.63) is 74.6 Å². The Balaban J connectivity index is 0.00000124. The van der Waals surface area contributed by atoms with E-state index < -0.39 is 0 Å². The number of aromatic nitrogens is 1. The van der Waals surface area contributed by atoms with Crippen molar-refractivity contribution < 1.29 is 14.3 Å². The van der Waals surface area contributed by atoms with Gasteiger partial charge in [-0.3, -0.25) is 14.5 Å². The Labute approximate surface area is 247 Å². The van der Waals surface area contributed by atoms with Crippen molar-refractivity contribution in [1.29, 1.82) is 0 Å². The van der Waals surface area contributed by atoms with Crippen LogP contribution in [0.2, 0.25) is 0 Å². The maximum Gasteiger partial charge on any atom is 0.204 e. The van der Waals surface area contributed by atoms with E-state index >= 15 is 0 Å². The minimum atomic E-state index is 0.235. The first-order chi connectivity index (χ1) is 19.8. The summed E-state index contributed by atoms with van der Waals surface area (Å²) in [5.74, 6) is 0. The minimum absolute atomic E-state index is 0.235. The fourth-order valence-corrected chi connectivity index (χ4v) is 6.93. The molecular weight excluding hydrogens is 534 g/mol. The molecule has 1 saturated heterocycles. The number of nitrogens with zero attached hydrogens (tertiary/aromatic N) is 2. The van der Waals surface area contributed by atoms with E-state index in [-0.39, 0.29) is 12.5 Å². The number of ether oxygens (including phenoxy) is 1. The number of aldehydes is 1. The van der Waals surface area contributed by atoms with E-state index in [1.807, 2.05) is 32.2 Å². The fourth-order valence-electron chi connectivity index (χ4n) is 5.77. The zero-order valence-corrected chi connectivity index (χ0v) is 25.7. The molecule has 0 bridgehead atoms. The third-order valence-electron chi connectivity index (χ3n) is 8.17. The number of hydrogen-bond acceptors (Lipinski definition) is 7. The maximum atomic E-state index is 12.2. The lowest BCUT2D eigenvalue weighted by molar-refractivity contribution is -0.107. The molecule has 1 unspecified atom stereocenters. The number of nitrogens with two attached hydrogens (primary N) is 1. The largest absolute Gasteiger partial charge is 0.392 e. The van der Waals surface area contributed by atoms with Gasteiger partial charge >= 0.3 is 0 Å². The number of morpholine rings is 1. The number of fused-ring (bicyclic) bond motifs is 2. The Morgan fingerprint density at radius 3 is 2.61 bits per heavy atom. The van der Waals surface area contributed by atoms with Crippen LogP contribution >= 0.6 is 11.3 Å². The monoisotopic (exact) mass is 577 g/mol. The summed E-state index contributed by atoms with van der Waals surface area (Å²) < 4.78 is 8.05. The molecule has 1 fully saturated rings. The zero-order chi connectivity index (χ0) is 29.5. The molecule has 3 aromatic rings. The van der Waals surface area contributed by atoms with Crippen molar-refractivity contribution in [2.75, 3.05) is 39.9 Å². The van der Waals surface area contributed by atoms with E-state index in [1.165, 1.54) is 43.2 Å². The molecule has 0 aliphatic carbocycles. The van der Waals surface area contributed by atoms with E-state index in [1.54, 1.807) is 0 Å². The van der Waals surface area contributed by atoms with Crippen LogP contribution in [0, 0.1) is 6.92 Å². The van der Waals surface area contributed by atoms with Crippen LogP contribution in [0.5, 0.6) is 0 Å². The van der Waals surface area contributed by atoms with Crippen molar-refractivity contribution in [2.24, 2.45) is 5.73 Å². The van der Waals surface area contributed by atoms with Gasteiger partial charge in [-0.2, -0.15) is 0 Å². The first-order valence-corrected chi connectivity index (χ1v) is 15.1. The van der Waals surface area contributed by atoms with E-state index in [0.29, 0.717) is 6.42 Å². The lowest BCUT2D eigenvalue weighted by Gasteiger charge is -2.34. The number of rotatable bonds is 8. The van der Waals surface area contributed by atoms with Gasteiger partial charge in [0.15, 0.2) is 0 Å². The number of primary amides is 1. The van der Waals surface area contributed by atoms with Gasteiger partial charge in [-0.25, -0.2) is 0 Å². The summed E-state index contributed by atoms with van der Waals surface area (Å²) in [6.07, 6.45) is 7.38. The molecule has 220 valence electrons. The van der Waals surface area contributed by atoms with Crippen LogP contribution < -0.4 is 16.4 Å².